The van der Waals surface area contributed by atoms with Gasteiger partial charge >= 0.3 is 0 Å². The van der Waals surface area contributed by atoms with Crippen molar-refractivity contribution in [2.24, 2.45) is 0 Å². The maximum Gasteiger partial charge on any atom is 0.234 e. The van der Waals surface area contributed by atoms with E-state index in [1.165, 1.54) is 23.9 Å². The Kier molecular flexibility index (Phi) is 6.64. The fourth-order valence-corrected chi connectivity index (χ4v) is 4.66. The number of rotatable bonds is 7. The predicted molar refractivity (Wildman–Crippen MR) is 139 cm³/mol. The molecule has 0 saturated heterocycles. The van der Waals surface area contributed by atoms with Gasteiger partial charge in [-0.1, -0.05) is 48.2 Å². The highest BCUT2D eigenvalue weighted by Crippen LogP contribution is 2.29. The lowest BCUT2D eigenvalue weighted by molar-refractivity contribution is -0.113. The minimum absolute atomic E-state index is 0.129. The third-order valence-electron chi connectivity index (χ3n) is 5.64. The standard InChI is InChI=1S/C27H23FN6OS/c1-18-25(19(2)34(32-18)23-11-7-4-8-12-23)29-24(35)17-36-27-31-30-26(20-13-15-21(28)16-14-20)33(27)22-9-5-3-6-10-22/h3-16H,17H2,1-2H3,(H,29,35). The normalized spacial score (nSPS) is 11.0. The molecule has 1 amide bonds. The maximum atomic E-state index is 13.5. The smallest absolute Gasteiger partial charge is 0.234 e. The molecule has 0 bridgehead atoms. The lowest BCUT2D eigenvalue weighted by Crippen LogP contribution is -2.15. The van der Waals surface area contributed by atoms with E-state index in [4.69, 9.17) is 0 Å². The average Bonchev–Trinajstić information content (AvgIpc) is 3.45. The van der Waals surface area contributed by atoms with Gasteiger partial charge in [0.15, 0.2) is 11.0 Å². The maximum absolute atomic E-state index is 13.5. The van der Waals surface area contributed by atoms with Gasteiger partial charge in [-0.15, -0.1) is 10.2 Å². The molecule has 3 aromatic carbocycles. The molecule has 1 N–H and O–H groups in total. The van der Waals surface area contributed by atoms with Crippen molar-refractivity contribution in [1.29, 1.82) is 0 Å². The van der Waals surface area contributed by atoms with Gasteiger partial charge in [-0.25, -0.2) is 9.07 Å². The molecule has 0 aliphatic carbocycles. The zero-order chi connectivity index (χ0) is 25.1. The topological polar surface area (TPSA) is 77.6 Å². The van der Waals surface area contributed by atoms with Gasteiger partial charge in [0.05, 0.1) is 28.5 Å². The number of benzene rings is 3. The van der Waals surface area contributed by atoms with Gasteiger partial charge in [0.25, 0.3) is 0 Å². The molecule has 0 fully saturated rings. The van der Waals surface area contributed by atoms with Crippen LogP contribution < -0.4 is 5.32 Å². The summed E-state index contributed by atoms with van der Waals surface area (Å²) in [6.07, 6.45) is 0. The highest BCUT2D eigenvalue weighted by molar-refractivity contribution is 7.99. The summed E-state index contributed by atoms with van der Waals surface area (Å²) in [5.41, 5.74) is 4.78. The summed E-state index contributed by atoms with van der Waals surface area (Å²) in [6.45, 7) is 3.80. The first kappa shape index (κ1) is 23.5. The lowest BCUT2D eigenvalue weighted by atomic mass is 10.2. The van der Waals surface area contributed by atoms with Crippen LogP contribution in [0.25, 0.3) is 22.8 Å². The molecular formula is C27H23FN6OS. The summed E-state index contributed by atoms with van der Waals surface area (Å²) >= 11 is 1.28. The predicted octanol–water partition coefficient (Wildman–Crippen LogP) is 5.61. The number of aryl methyl sites for hydroxylation is 1. The van der Waals surface area contributed by atoms with Crippen molar-refractivity contribution in [2.45, 2.75) is 19.0 Å². The molecule has 0 aliphatic heterocycles. The van der Waals surface area contributed by atoms with Crippen LogP contribution >= 0.6 is 11.8 Å². The van der Waals surface area contributed by atoms with Crippen molar-refractivity contribution < 1.29 is 9.18 Å². The summed E-state index contributed by atoms with van der Waals surface area (Å²) in [5.74, 6) is 0.200. The minimum Gasteiger partial charge on any atom is -0.322 e. The van der Waals surface area contributed by atoms with Crippen molar-refractivity contribution in [2.75, 3.05) is 11.1 Å². The monoisotopic (exact) mass is 498 g/mol. The van der Waals surface area contributed by atoms with Crippen LogP contribution in [0.15, 0.2) is 90.1 Å². The number of para-hydroxylation sites is 2. The molecule has 0 spiro atoms. The Balaban J connectivity index is 1.37. The van der Waals surface area contributed by atoms with Gasteiger partial charge in [0.2, 0.25) is 5.91 Å². The number of nitrogens with one attached hydrogen (secondary N) is 1. The highest BCUT2D eigenvalue weighted by Gasteiger charge is 2.19. The van der Waals surface area contributed by atoms with Gasteiger partial charge in [-0.3, -0.25) is 9.36 Å². The van der Waals surface area contributed by atoms with E-state index in [0.717, 1.165) is 28.3 Å². The first-order valence-corrected chi connectivity index (χ1v) is 12.3. The van der Waals surface area contributed by atoms with Gasteiger partial charge in [0, 0.05) is 11.3 Å². The van der Waals surface area contributed by atoms with Gasteiger partial charge in [-0.05, 0) is 62.4 Å². The second-order valence-corrected chi connectivity index (χ2v) is 9.06. The SMILES string of the molecule is Cc1nn(-c2ccccc2)c(C)c1NC(=O)CSc1nnc(-c2ccc(F)cc2)n1-c1ccccc1. The fourth-order valence-electron chi connectivity index (χ4n) is 3.91. The Bertz CT molecular complexity index is 1500. The number of thioether (sulfide) groups is 1. The third kappa shape index (κ3) is 4.78. The minimum atomic E-state index is -0.322. The number of hydrogen-bond donors (Lipinski definition) is 1. The molecule has 5 aromatic rings. The van der Waals surface area contributed by atoms with Crippen molar-refractivity contribution in [3.63, 3.8) is 0 Å². The van der Waals surface area contributed by atoms with E-state index in [1.807, 2.05) is 83.8 Å². The second-order valence-electron chi connectivity index (χ2n) is 8.11. The van der Waals surface area contributed by atoms with E-state index in [9.17, 15) is 9.18 Å². The van der Waals surface area contributed by atoms with E-state index < -0.39 is 0 Å². The van der Waals surface area contributed by atoms with Crippen LogP contribution in [-0.4, -0.2) is 36.2 Å². The molecule has 0 aliphatic rings. The molecule has 180 valence electrons. The van der Waals surface area contributed by atoms with Gasteiger partial charge < -0.3 is 5.32 Å². The van der Waals surface area contributed by atoms with Gasteiger partial charge in [0.1, 0.15) is 5.82 Å². The molecule has 5 rings (SSSR count). The van der Waals surface area contributed by atoms with Crippen LogP contribution in [-0.2, 0) is 4.79 Å². The van der Waals surface area contributed by atoms with Crippen LogP contribution in [0.1, 0.15) is 11.4 Å². The number of aromatic nitrogens is 5. The summed E-state index contributed by atoms with van der Waals surface area (Å²) in [7, 11) is 0. The van der Waals surface area contributed by atoms with Crippen molar-refractivity contribution in [3.8, 4) is 22.8 Å². The van der Waals surface area contributed by atoms with E-state index in [2.05, 4.69) is 20.6 Å². The van der Waals surface area contributed by atoms with E-state index in [1.54, 1.807) is 12.1 Å². The number of amides is 1. The Morgan fingerprint density at radius 1 is 0.889 bits per heavy atom. The van der Waals surface area contributed by atoms with Crippen LogP contribution in [0.5, 0.6) is 0 Å². The molecule has 7 nitrogen and oxygen atoms in total. The van der Waals surface area contributed by atoms with Gasteiger partial charge in [-0.2, -0.15) is 5.10 Å². The molecule has 9 heteroatoms. The number of hydrogen-bond acceptors (Lipinski definition) is 5. The molecule has 0 saturated carbocycles. The number of anilines is 1. The summed E-state index contributed by atoms with van der Waals surface area (Å²) in [5, 5.41) is 16.8. The zero-order valence-electron chi connectivity index (χ0n) is 19.7. The third-order valence-corrected chi connectivity index (χ3v) is 6.57. The molecule has 2 aromatic heterocycles. The summed E-state index contributed by atoms with van der Waals surface area (Å²) in [4.78, 5) is 12.9. The Morgan fingerprint density at radius 2 is 1.53 bits per heavy atom. The number of carbonyl (C=O) groups excluding carboxylic acids is 1. The number of nitrogens with zero attached hydrogens (tertiary/aromatic N) is 5. The van der Waals surface area contributed by atoms with Crippen molar-refractivity contribution >= 4 is 23.4 Å². The molecule has 0 radical (unpaired) electrons. The highest BCUT2D eigenvalue weighted by atomic mass is 32.2. The Hall–Kier alpha value is -4.24. The molecule has 0 atom stereocenters. The lowest BCUT2D eigenvalue weighted by Gasteiger charge is -2.11. The zero-order valence-corrected chi connectivity index (χ0v) is 20.5. The second kappa shape index (κ2) is 10.2. The Morgan fingerprint density at radius 3 is 2.19 bits per heavy atom. The largest absolute Gasteiger partial charge is 0.322 e. The summed E-state index contributed by atoms with van der Waals surface area (Å²) < 4.78 is 17.2. The fraction of sp³-hybridized carbons (Fsp3) is 0.111. The van der Waals surface area contributed by atoms with E-state index >= 15 is 0 Å². The quantitative estimate of drug-likeness (QED) is 0.295. The first-order valence-electron chi connectivity index (χ1n) is 11.3. The number of carbonyl (C=O) groups is 1. The van der Waals surface area contributed by atoms with Crippen molar-refractivity contribution in [3.05, 3.63) is 102 Å². The van der Waals surface area contributed by atoms with E-state index in [-0.39, 0.29) is 17.5 Å². The van der Waals surface area contributed by atoms with Crippen LogP contribution in [0, 0.1) is 19.7 Å². The number of halogens is 1. The van der Waals surface area contributed by atoms with E-state index in [0.29, 0.717) is 16.7 Å². The molecule has 36 heavy (non-hydrogen) atoms. The molecular weight excluding hydrogens is 475 g/mol. The first-order chi connectivity index (χ1) is 17.5. The summed E-state index contributed by atoms with van der Waals surface area (Å²) in [6, 6.07) is 25.5. The Labute approximate surface area is 212 Å². The van der Waals surface area contributed by atoms with Crippen LogP contribution in [0.2, 0.25) is 0 Å². The molecule has 0 unspecified atom stereocenters. The average molecular weight is 499 g/mol. The van der Waals surface area contributed by atoms with Crippen molar-refractivity contribution in [1.82, 2.24) is 24.5 Å². The molecule has 2 heterocycles. The van der Waals surface area contributed by atoms with Crippen LogP contribution in [0.4, 0.5) is 10.1 Å². The van der Waals surface area contributed by atoms with Crippen LogP contribution in [0.3, 0.4) is 0 Å².